The van der Waals surface area contributed by atoms with E-state index in [1.54, 1.807) is 13.8 Å². The van der Waals surface area contributed by atoms with Crippen molar-refractivity contribution < 1.29 is 33.8 Å². The molecule has 0 aliphatic heterocycles. The maximum Gasteiger partial charge on any atom is 0.303 e. The average Bonchev–Trinajstić information content (AvgIpc) is 2.59. The number of carbonyl (C=O) groups is 4. The predicted octanol–water partition coefficient (Wildman–Crippen LogP) is 3.61. The Hall–Kier alpha value is -2.44. The van der Waals surface area contributed by atoms with Crippen molar-refractivity contribution in [2.24, 2.45) is 22.7 Å². The van der Waals surface area contributed by atoms with Crippen molar-refractivity contribution in [1.29, 1.82) is 0 Å². The van der Waals surface area contributed by atoms with Crippen molar-refractivity contribution in [2.75, 3.05) is 0 Å². The fourth-order valence-electron chi connectivity index (χ4n) is 6.25. The zero-order valence-electron chi connectivity index (χ0n) is 19.3. The molecule has 31 heavy (non-hydrogen) atoms. The minimum Gasteiger partial charge on any atom is -0.507 e. The van der Waals surface area contributed by atoms with Crippen LogP contribution in [0.15, 0.2) is 22.5 Å². The van der Waals surface area contributed by atoms with E-state index in [1.165, 1.54) is 13.8 Å². The van der Waals surface area contributed by atoms with E-state index < -0.39 is 47.0 Å². The van der Waals surface area contributed by atoms with Crippen LogP contribution in [-0.2, 0) is 28.7 Å². The van der Waals surface area contributed by atoms with Gasteiger partial charge in [0.15, 0.2) is 6.10 Å². The first-order valence-electron chi connectivity index (χ1n) is 10.9. The van der Waals surface area contributed by atoms with Crippen molar-refractivity contribution in [3.05, 3.63) is 22.5 Å². The van der Waals surface area contributed by atoms with E-state index in [1.807, 2.05) is 20.8 Å². The molecule has 1 saturated carbocycles. The molecule has 7 nitrogen and oxygen atoms in total. The van der Waals surface area contributed by atoms with E-state index in [2.05, 4.69) is 0 Å². The van der Waals surface area contributed by atoms with Gasteiger partial charge in [-0.25, -0.2) is 0 Å². The van der Waals surface area contributed by atoms with Crippen LogP contribution >= 0.6 is 0 Å². The number of ketones is 2. The maximum atomic E-state index is 13.5. The highest BCUT2D eigenvalue weighted by molar-refractivity contribution is 6.50. The van der Waals surface area contributed by atoms with Gasteiger partial charge in [-0.05, 0) is 24.2 Å². The third-order valence-corrected chi connectivity index (χ3v) is 7.16. The molecular formula is C24H32O7. The monoisotopic (exact) mass is 432 g/mol. The normalized spacial score (nSPS) is 32.6. The van der Waals surface area contributed by atoms with E-state index in [-0.39, 0.29) is 33.8 Å². The molecule has 0 bridgehead atoms. The first-order valence-corrected chi connectivity index (χ1v) is 10.9. The predicted molar refractivity (Wildman–Crippen MR) is 112 cm³/mol. The van der Waals surface area contributed by atoms with Gasteiger partial charge in [0, 0.05) is 41.9 Å². The lowest BCUT2D eigenvalue weighted by molar-refractivity contribution is -0.185. The SMILES string of the molecule is CC(=O)OC1C2=C(C(=O)C(=O)C(C(C)C)=C2O)C2(C)CCCC(C)(C)C2C1OC(C)=O. The maximum absolute atomic E-state index is 13.5. The van der Waals surface area contributed by atoms with Crippen LogP contribution in [0, 0.1) is 22.7 Å². The molecule has 0 radical (unpaired) electrons. The van der Waals surface area contributed by atoms with Gasteiger partial charge in [-0.15, -0.1) is 0 Å². The number of esters is 2. The van der Waals surface area contributed by atoms with Crippen molar-refractivity contribution in [2.45, 2.75) is 79.9 Å². The molecule has 7 heteroatoms. The molecule has 0 saturated heterocycles. The molecule has 1 fully saturated rings. The van der Waals surface area contributed by atoms with Crippen molar-refractivity contribution in [1.82, 2.24) is 0 Å². The summed E-state index contributed by atoms with van der Waals surface area (Å²) in [5, 5.41) is 11.2. The van der Waals surface area contributed by atoms with Gasteiger partial charge in [0.25, 0.3) is 0 Å². The third-order valence-electron chi connectivity index (χ3n) is 7.16. The lowest BCUT2D eigenvalue weighted by atomic mass is 9.47. The van der Waals surface area contributed by atoms with Crippen LogP contribution in [0.4, 0.5) is 0 Å². The summed E-state index contributed by atoms with van der Waals surface area (Å²) in [7, 11) is 0. The van der Waals surface area contributed by atoms with Gasteiger partial charge in [-0.2, -0.15) is 0 Å². The van der Waals surface area contributed by atoms with E-state index in [4.69, 9.17) is 9.47 Å². The number of rotatable bonds is 3. The zero-order chi connectivity index (χ0) is 23.5. The number of aliphatic hydroxyl groups is 1. The minimum atomic E-state index is -1.17. The summed E-state index contributed by atoms with van der Waals surface area (Å²) in [6, 6.07) is 0. The quantitative estimate of drug-likeness (QED) is 0.412. The number of fused-ring (bicyclic) bond motifs is 2. The van der Waals surface area contributed by atoms with E-state index in [0.29, 0.717) is 6.42 Å². The van der Waals surface area contributed by atoms with Gasteiger partial charge in [0.05, 0.1) is 0 Å². The number of Topliss-reactive ketones (excluding diaryl/α,β-unsaturated/α-hetero) is 2. The Morgan fingerprint density at radius 1 is 1.00 bits per heavy atom. The number of hydrogen-bond acceptors (Lipinski definition) is 7. The smallest absolute Gasteiger partial charge is 0.303 e. The molecule has 3 aliphatic carbocycles. The molecule has 4 atom stereocenters. The second-order valence-electron chi connectivity index (χ2n) is 10.2. The molecule has 3 rings (SSSR count). The highest BCUT2D eigenvalue weighted by atomic mass is 16.6. The van der Waals surface area contributed by atoms with Crippen LogP contribution in [0.1, 0.15) is 67.7 Å². The summed E-state index contributed by atoms with van der Waals surface area (Å²) in [6.45, 7) is 11.9. The van der Waals surface area contributed by atoms with E-state index >= 15 is 0 Å². The van der Waals surface area contributed by atoms with Crippen LogP contribution in [0.2, 0.25) is 0 Å². The fourth-order valence-corrected chi connectivity index (χ4v) is 6.25. The molecule has 0 heterocycles. The lowest BCUT2D eigenvalue weighted by Gasteiger charge is -2.58. The van der Waals surface area contributed by atoms with Gasteiger partial charge < -0.3 is 14.6 Å². The van der Waals surface area contributed by atoms with Gasteiger partial charge in [-0.3, -0.25) is 19.2 Å². The van der Waals surface area contributed by atoms with Gasteiger partial charge in [0.2, 0.25) is 11.6 Å². The Balaban J connectivity index is 2.41. The van der Waals surface area contributed by atoms with Crippen LogP contribution < -0.4 is 0 Å². The van der Waals surface area contributed by atoms with Gasteiger partial charge in [-0.1, -0.05) is 41.0 Å². The van der Waals surface area contributed by atoms with Crippen LogP contribution in [-0.4, -0.2) is 40.8 Å². The third kappa shape index (κ3) is 3.52. The average molecular weight is 433 g/mol. The van der Waals surface area contributed by atoms with Crippen LogP contribution in [0.5, 0.6) is 0 Å². The second kappa shape index (κ2) is 7.61. The topological polar surface area (TPSA) is 107 Å². The summed E-state index contributed by atoms with van der Waals surface area (Å²) in [6.07, 6.45) is 0.162. The number of carbonyl (C=O) groups excluding carboxylic acids is 4. The molecule has 1 N–H and O–H groups in total. The standard InChI is InChI=1S/C24H32O7/c1-11(2)14-17(27)15-16(19(29)18(14)28)24(7)10-8-9-23(5,6)22(24)21(31-13(4)26)20(15)30-12(3)25/h11,20-22,27H,8-10H2,1-7H3. The Labute approximate surface area is 182 Å². The summed E-state index contributed by atoms with van der Waals surface area (Å²) >= 11 is 0. The highest BCUT2D eigenvalue weighted by Gasteiger charge is 2.63. The molecule has 0 spiro atoms. The summed E-state index contributed by atoms with van der Waals surface area (Å²) in [5.41, 5.74) is -0.875. The second-order valence-corrected chi connectivity index (χ2v) is 10.2. The summed E-state index contributed by atoms with van der Waals surface area (Å²) in [5.74, 6) is -3.69. The largest absolute Gasteiger partial charge is 0.507 e. The molecule has 3 aliphatic rings. The summed E-state index contributed by atoms with van der Waals surface area (Å²) in [4.78, 5) is 50.6. The van der Waals surface area contributed by atoms with E-state index in [9.17, 15) is 24.3 Å². The zero-order valence-corrected chi connectivity index (χ0v) is 19.3. The molecule has 0 amide bonds. The Kier molecular flexibility index (Phi) is 5.70. The van der Waals surface area contributed by atoms with Crippen molar-refractivity contribution >= 4 is 23.5 Å². The molecular weight excluding hydrogens is 400 g/mol. The first-order chi connectivity index (χ1) is 14.2. The Morgan fingerprint density at radius 2 is 1.58 bits per heavy atom. The van der Waals surface area contributed by atoms with Gasteiger partial charge in [0.1, 0.15) is 11.9 Å². The van der Waals surface area contributed by atoms with Crippen LogP contribution in [0.25, 0.3) is 0 Å². The van der Waals surface area contributed by atoms with E-state index in [0.717, 1.165) is 12.8 Å². The van der Waals surface area contributed by atoms with Crippen molar-refractivity contribution in [3.63, 3.8) is 0 Å². The molecule has 0 aromatic rings. The van der Waals surface area contributed by atoms with Crippen LogP contribution in [0.3, 0.4) is 0 Å². The number of hydrogen-bond donors (Lipinski definition) is 1. The molecule has 0 aromatic heterocycles. The lowest BCUT2D eigenvalue weighted by Crippen LogP contribution is -2.61. The minimum absolute atomic E-state index is 0.000373. The number of aliphatic hydroxyl groups excluding tert-OH is 1. The number of ether oxygens (including phenoxy) is 2. The highest BCUT2D eigenvalue weighted by Crippen LogP contribution is 2.62. The molecule has 0 aromatic carbocycles. The first kappa shape index (κ1) is 23.2. The summed E-state index contributed by atoms with van der Waals surface area (Å²) < 4.78 is 11.4. The molecule has 4 unspecified atom stereocenters. The number of allylic oxidation sites excluding steroid dienone is 2. The van der Waals surface area contributed by atoms with Gasteiger partial charge >= 0.3 is 11.9 Å². The Bertz CT molecular complexity index is 920. The molecule has 170 valence electrons. The van der Waals surface area contributed by atoms with Crippen molar-refractivity contribution in [3.8, 4) is 0 Å². The fraction of sp³-hybridized carbons (Fsp3) is 0.667. The Morgan fingerprint density at radius 3 is 2.10 bits per heavy atom.